The molecule has 1 amide bonds. The Morgan fingerprint density at radius 2 is 2.25 bits per heavy atom. The van der Waals surface area contributed by atoms with Gasteiger partial charge in [0.2, 0.25) is 5.91 Å². The van der Waals surface area contributed by atoms with E-state index in [-0.39, 0.29) is 16.8 Å². The molecule has 2 atom stereocenters. The first-order chi connectivity index (χ1) is 7.59. The summed E-state index contributed by atoms with van der Waals surface area (Å²) in [5.41, 5.74) is 0. The van der Waals surface area contributed by atoms with Crippen LogP contribution in [0.3, 0.4) is 0 Å². The lowest BCUT2D eigenvalue weighted by atomic mass is 10.3. The number of hydrogen-bond acceptors (Lipinski definition) is 3. The molecule has 0 radical (unpaired) electrons. The maximum absolute atomic E-state index is 11.5. The second-order valence-corrected chi connectivity index (χ2v) is 5.45. The van der Waals surface area contributed by atoms with E-state index in [2.05, 4.69) is 36.0 Å². The third-order valence-corrected chi connectivity index (χ3v) is 3.16. The molecule has 0 spiro atoms. The van der Waals surface area contributed by atoms with E-state index in [1.165, 1.54) is 0 Å². The Hall–Kier alpha value is -0.910. The second-order valence-electron chi connectivity index (χ2n) is 4.08. The fraction of sp³-hybridized carbons (Fsp3) is 0.700. The molecule has 1 aliphatic heterocycles. The highest BCUT2D eigenvalue weighted by Crippen LogP contribution is 2.19. The lowest BCUT2D eigenvalue weighted by Gasteiger charge is -2.14. The van der Waals surface area contributed by atoms with Gasteiger partial charge >= 0.3 is 0 Å². The number of carbonyl (C=O) groups is 1. The second kappa shape index (κ2) is 4.53. The van der Waals surface area contributed by atoms with E-state index < -0.39 is 0 Å². The molecule has 2 rings (SSSR count). The summed E-state index contributed by atoms with van der Waals surface area (Å²) < 4.78 is 2.10. The lowest BCUT2D eigenvalue weighted by molar-refractivity contribution is -0.120. The van der Waals surface area contributed by atoms with Crippen molar-refractivity contribution in [2.75, 3.05) is 0 Å². The van der Waals surface area contributed by atoms with E-state index in [1.807, 2.05) is 6.92 Å². The van der Waals surface area contributed by atoms with E-state index in [9.17, 15) is 4.79 Å². The molecule has 16 heavy (non-hydrogen) atoms. The van der Waals surface area contributed by atoms with Crippen molar-refractivity contribution in [2.45, 2.75) is 44.1 Å². The average Bonchev–Trinajstić information content (AvgIpc) is 2.77. The number of halogens is 1. The van der Waals surface area contributed by atoms with Gasteiger partial charge < -0.3 is 9.88 Å². The van der Waals surface area contributed by atoms with Crippen molar-refractivity contribution in [3.8, 4) is 0 Å². The van der Waals surface area contributed by atoms with Crippen LogP contribution >= 0.6 is 15.9 Å². The van der Waals surface area contributed by atoms with E-state index in [0.717, 1.165) is 31.0 Å². The van der Waals surface area contributed by atoms with Crippen LogP contribution in [0.4, 0.5) is 0 Å². The van der Waals surface area contributed by atoms with Crippen LogP contribution in [0.2, 0.25) is 0 Å². The number of rotatable bonds is 3. The van der Waals surface area contributed by atoms with Crippen LogP contribution in [0, 0.1) is 0 Å². The summed E-state index contributed by atoms with van der Waals surface area (Å²) in [6, 6.07) is -0.0909. The summed E-state index contributed by atoms with van der Waals surface area (Å²) in [5.74, 6) is 1.86. The topological polar surface area (TPSA) is 59.8 Å². The SMILES string of the molecule is CC(Br)C(=O)NC(C)c1nnc2n1CCC2. The molecule has 0 saturated heterocycles. The van der Waals surface area contributed by atoms with Gasteiger partial charge in [0.25, 0.3) is 0 Å². The smallest absolute Gasteiger partial charge is 0.234 e. The van der Waals surface area contributed by atoms with Crippen LogP contribution in [0.25, 0.3) is 0 Å². The van der Waals surface area contributed by atoms with Crippen molar-refractivity contribution in [3.63, 3.8) is 0 Å². The van der Waals surface area contributed by atoms with Gasteiger partial charge in [0.05, 0.1) is 10.9 Å². The van der Waals surface area contributed by atoms with Gasteiger partial charge in [0.1, 0.15) is 5.82 Å². The molecular weight excluding hydrogens is 272 g/mol. The van der Waals surface area contributed by atoms with Gasteiger partial charge in [-0.1, -0.05) is 15.9 Å². The van der Waals surface area contributed by atoms with Crippen molar-refractivity contribution in [3.05, 3.63) is 11.6 Å². The summed E-state index contributed by atoms with van der Waals surface area (Å²) >= 11 is 3.24. The Labute approximate surface area is 103 Å². The summed E-state index contributed by atoms with van der Waals surface area (Å²) in [6.45, 7) is 4.70. The quantitative estimate of drug-likeness (QED) is 0.849. The van der Waals surface area contributed by atoms with Gasteiger partial charge in [-0.15, -0.1) is 10.2 Å². The fourth-order valence-corrected chi connectivity index (χ4v) is 2.02. The molecule has 0 aromatic carbocycles. The highest BCUT2D eigenvalue weighted by molar-refractivity contribution is 9.10. The molecule has 0 saturated carbocycles. The number of carbonyl (C=O) groups excluding carboxylic acids is 1. The minimum atomic E-state index is -0.184. The molecule has 0 aliphatic carbocycles. The normalized spacial score (nSPS) is 17.9. The Morgan fingerprint density at radius 3 is 2.94 bits per heavy atom. The molecule has 88 valence electrons. The summed E-state index contributed by atoms with van der Waals surface area (Å²) in [6.07, 6.45) is 2.11. The largest absolute Gasteiger partial charge is 0.345 e. The first-order valence-electron chi connectivity index (χ1n) is 5.46. The third-order valence-electron chi connectivity index (χ3n) is 2.75. The molecular formula is C10H15BrN4O. The summed E-state index contributed by atoms with van der Waals surface area (Å²) in [7, 11) is 0. The van der Waals surface area contributed by atoms with Crippen molar-refractivity contribution < 1.29 is 4.79 Å². The van der Waals surface area contributed by atoms with Gasteiger partial charge in [-0.25, -0.2) is 0 Å². The van der Waals surface area contributed by atoms with Gasteiger partial charge in [-0.3, -0.25) is 4.79 Å². The molecule has 0 bridgehead atoms. The average molecular weight is 287 g/mol. The van der Waals surface area contributed by atoms with E-state index in [4.69, 9.17) is 0 Å². The van der Waals surface area contributed by atoms with E-state index in [0.29, 0.717) is 0 Å². The highest BCUT2D eigenvalue weighted by atomic mass is 79.9. The number of amides is 1. The standard InChI is InChI=1S/C10H15BrN4O/c1-6(11)10(16)12-7(2)9-14-13-8-4-3-5-15(8)9/h6-7H,3-5H2,1-2H3,(H,12,16). The monoisotopic (exact) mass is 286 g/mol. The van der Waals surface area contributed by atoms with Crippen LogP contribution < -0.4 is 5.32 Å². The number of aryl methyl sites for hydroxylation is 1. The number of nitrogens with zero attached hydrogens (tertiary/aromatic N) is 3. The maximum atomic E-state index is 11.5. The van der Waals surface area contributed by atoms with Gasteiger partial charge in [0.15, 0.2) is 5.82 Å². The molecule has 1 aromatic rings. The zero-order chi connectivity index (χ0) is 11.7. The van der Waals surface area contributed by atoms with Gasteiger partial charge in [-0.05, 0) is 20.3 Å². The minimum absolute atomic E-state index is 0.0251. The molecule has 2 heterocycles. The first-order valence-corrected chi connectivity index (χ1v) is 6.37. The molecule has 5 nitrogen and oxygen atoms in total. The number of aromatic nitrogens is 3. The van der Waals surface area contributed by atoms with Gasteiger partial charge in [0, 0.05) is 13.0 Å². The Morgan fingerprint density at radius 1 is 1.50 bits per heavy atom. The van der Waals surface area contributed by atoms with Crippen molar-refractivity contribution in [1.82, 2.24) is 20.1 Å². The van der Waals surface area contributed by atoms with Crippen molar-refractivity contribution in [2.24, 2.45) is 0 Å². The van der Waals surface area contributed by atoms with Crippen LogP contribution in [0.5, 0.6) is 0 Å². The summed E-state index contributed by atoms with van der Waals surface area (Å²) in [5, 5.41) is 11.2. The lowest BCUT2D eigenvalue weighted by Crippen LogP contribution is -2.33. The predicted molar refractivity (Wildman–Crippen MR) is 63.3 cm³/mol. The van der Waals surface area contributed by atoms with Crippen LogP contribution in [0.15, 0.2) is 0 Å². The molecule has 0 fully saturated rings. The molecule has 6 heteroatoms. The van der Waals surface area contributed by atoms with Crippen LogP contribution in [-0.2, 0) is 17.8 Å². The minimum Gasteiger partial charge on any atom is -0.345 e. The Bertz CT molecular complexity index is 402. The van der Waals surface area contributed by atoms with Crippen molar-refractivity contribution in [1.29, 1.82) is 0 Å². The molecule has 1 aliphatic rings. The number of alkyl halides is 1. The Kier molecular flexibility index (Phi) is 3.28. The van der Waals surface area contributed by atoms with Gasteiger partial charge in [-0.2, -0.15) is 0 Å². The zero-order valence-electron chi connectivity index (χ0n) is 9.40. The highest BCUT2D eigenvalue weighted by Gasteiger charge is 2.23. The number of nitrogens with one attached hydrogen (secondary N) is 1. The number of fused-ring (bicyclic) bond motifs is 1. The predicted octanol–water partition coefficient (Wildman–Crippen LogP) is 1.18. The summed E-state index contributed by atoms with van der Waals surface area (Å²) in [4.78, 5) is 11.3. The fourth-order valence-electron chi connectivity index (χ4n) is 1.89. The van der Waals surface area contributed by atoms with Crippen molar-refractivity contribution >= 4 is 21.8 Å². The van der Waals surface area contributed by atoms with E-state index >= 15 is 0 Å². The van der Waals surface area contributed by atoms with Crippen LogP contribution in [-0.4, -0.2) is 25.5 Å². The third kappa shape index (κ3) is 2.11. The number of hydrogen-bond donors (Lipinski definition) is 1. The molecule has 2 unspecified atom stereocenters. The first kappa shape index (κ1) is 11.6. The zero-order valence-corrected chi connectivity index (χ0v) is 11.0. The maximum Gasteiger partial charge on any atom is 0.234 e. The van der Waals surface area contributed by atoms with E-state index in [1.54, 1.807) is 6.92 Å². The molecule has 1 aromatic heterocycles. The molecule has 1 N–H and O–H groups in total. The van der Waals surface area contributed by atoms with Crippen LogP contribution in [0.1, 0.15) is 38.0 Å². The Balaban J connectivity index is 2.09.